The molecule has 1 aromatic heterocycles. The third-order valence-corrected chi connectivity index (χ3v) is 4.60. The first kappa shape index (κ1) is 14.9. The normalized spacial score (nSPS) is 16.2. The van der Waals surface area contributed by atoms with Crippen molar-refractivity contribution in [2.75, 3.05) is 23.9 Å². The van der Waals surface area contributed by atoms with E-state index in [1.807, 2.05) is 30.0 Å². The maximum absolute atomic E-state index is 12.2. The summed E-state index contributed by atoms with van der Waals surface area (Å²) in [6, 6.07) is 5.73. The average molecular weight is 324 g/mol. The Hall–Kier alpha value is -2.63. The van der Waals surface area contributed by atoms with Crippen LogP contribution >= 0.6 is 0 Å². The Morgan fingerprint density at radius 1 is 1.21 bits per heavy atom. The van der Waals surface area contributed by atoms with Crippen molar-refractivity contribution in [3.63, 3.8) is 0 Å². The van der Waals surface area contributed by atoms with E-state index in [4.69, 9.17) is 4.74 Å². The number of aryl methyl sites for hydroxylation is 2. The Morgan fingerprint density at radius 3 is 2.88 bits per heavy atom. The minimum absolute atomic E-state index is 0.0448. The second-order valence-corrected chi connectivity index (χ2v) is 6.24. The molecule has 4 rings (SSSR count). The zero-order chi connectivity index (χ0) is 16.7. The van der Waals surface area contributed by atoms with Gasteiger partial charge in [-0.15, -0.1) is 0 Å². The molecule has 0 bridgehead atoms. The highest BCUT2D eigenvalue weighted by Gasteiger charge is 2.28. The van der Waals surface area contributed by atoms with Crippen molar-refractivity contribution < 1.29 is 9.53 Å². The van der Waals surface area contributed by atoms with Crippen LogP contribution in [0.5, 0.6) is 5.75 Å². The van der Waals surface area contributed by atoms with E-state index in [2.05, 4.69) is 15.3 Å². The van der Waals surface area contributed by atoms with Gasteiger partial charge >= 0.3 is 0 Å². The second-order valence-electron chi connectivity index (χ2n) is 6.24. The molecule has 2 heterocycles. The highest BCUT2D eigenvalue weighted by molar-refractivity contribution is 6.03. The molecule has 24 heavy (non-hydrogen) atoms. The largest absolute Gasteiger partial charge is 0.497 e. The monoisotopic (exact) mass is 324 g/mol. The van der Waals surface area contributed by atoms with Crippen LogP contribution < -0.4 is 15.0 Å². The highest BCUT2D eigenvalue weighted by atomic mass is 16.5. The lowest BCUT2D eigenvalue weighted by atomic mass is 9.95. The lowest BCUT2D eigenvalue weighted by molar-refractivity contribution is -0.115. The van der Waals surface area contributed by atoms with E-state index in [-0.39, 0.29) is 12.5 Å². The van der Waals surface area contributed by atoms with Crippen LogP contribution in [0.2, 0.25) is 0 Å². The van der Waals surface area contributed by atoms with Crippen LogP contribution in [0.25, 0.3) is 0 Å². The molecule has 6 heteroatoms. The number of anilines is 3. The van der Waals surface area contributed by atoms with Crippen molar-refractivity contribution in [1.29, 1.82) is 0 Å². The number of hydrogen-bond acceptors (Lipinski definition) is 5. The molecule has 1 amide bonds. The fourth-order valence-corrected chi connectivity index (χ4v) is 3.50. The number of benzene rings is 1. The molecule has 1 aliphatic carbocycles. The third kappa shape index (κ3) is 2.48. The molecule has 2 aromatic rings. The molecule has 0 unspecified atom stereocenters. The van der Waals surface area contributed by atoms with Crippen molar-refractivity contribution in [2.45, 2.75) is 32.6 Å². The van der Waals surface area contributed by atoms with Gasteiger partial charge in [-0.3, -0.25) is 4.79 Å². The number of hydrogen-bond donors (Lipinski definition) is 1. The van der Waals surface area contributed by atoms with Crippen molar-refractivity contribution in [2.24, 2.45) is 0 Å². The Balaban J connectivity index is 1.86. The first-order chi connectivity index (χ1) is 11.7. The maximum atomic E-state index is 12.2. The fourth-order valence-electron chi connectivity index (χ4n) is 3.50. The Morgan fingerprint density at radius 2 is 2.04 bits per heavy atom. The summed E-state index contributed by atoms with van der Waals surface area (Å²) in [5.74, 6) is 2.30. The van der Waals surface area contributed by atoms with E-state index in [1.165, 1.54) is 5.56 Å². The molecule has 0 spiro atoms. The van der Waals surface area contributed by atoms with E-state index < -0.39 is 0 Å². The lowest BCUT2D eigenvalue weighted by Gasteiger charge is -2.33. The van der Waals surface area contributed by atoms with Gasteiger partial charge in [-0.25, -0.2) is 9.97 Å². The van der Waals surface area contributed by atoms with Crippen molar-refractivity contribution >= 4 is 23.1 Å². The standard InChI is InChI=1S/C18H20N4O2/c1-11-19-14-6-4-3-5-13(14)18(20-11)22-10-17(23)21-15-9-12(24-2)7-8-16(15)22/h7-9H,3-6,10H2,1-2H3,(H,21,23). The minimum Gasteiger partial charge on any atom is -0.497 e. The summed E-state index contributed by atoms with van der Waals surface area (Å²) in [6.45, 7) is 2.18. The van der Waals surface area contributed by atoms with Gasteiger partial charge in [0.2, 0.25) is 5.91 Å². The molecule has 1 aromatic carbocycles. The highest BCUT2D eigenvalue weighted by Crippen LogP contribution is 2.39. The summed E-state index contributed by atoms with van der Waals surface area (Å²) in [5.41, 5.74) is 4.01. The number of carbonyl (C=O) groups is 1. The van der Waals surface area contributed by atoms with Crippen LogP contribution in [0.4, 0.5) is 17.2 Å². The van der Waals surface area contributed by atoms with Gasteiger partial charge < -0.3 is 15.0 Å². The zero-order valence-corrected chi connectivity index (χ0v) is 13.9. The summed E-state index contributed by atoms with van der Waals surface area (Å²) in [5, 5.41) is 2.93. The zero-order valence-electron chi connectivity index (χ0n) is 13.9. The number of ether oxygens (including phenoxy) is 1. The van der Waals surface area contributed by atoms with Crippen LogP contribution in [-0.4, -0.2) is 29.5 Å². The second kappa shape index (κ2) is 5.78. The number of methoxy groups -OCH3 is 1. The van der Waals surface area contributed by atoms with Crippen molar-refractivity contribution in [1.82, 2.24) is 9.97 Å². The van der Waals surface area contributed by atoms with E-state index in [0.717, 1.165) is 60.1 Å². The molecule has 6 nitrogen and oxygen atoms in total. The fraction of sp³-hybridized carbons (Fsp3) is 0.389. The molecule has 1 aliphatic heterocycles. The molecule has 124 valence electrons. The van der Waals surface area contributed by atoms with E-state index >= 15 is 0 Å². The molecule has 1 N–H and O–H groups in total. The number of aromatic nitrogens is 2. The van der Waals surface area contributed by atoms with Gasteiger partial charge in [0.15, 0.2) is 0 Å². The van der Waals surface area contributed by atoms with Gasteiger partial charge in [-0.2, -0.15) is 0 Å². The Labute approximate surface area is 140 Å². The van der Waals surface area contributed by atoms with Crippen LogP contribution in [0.15, 0.2) is 18.2 Å². The number of nitrogens with one attached hydrogen (secondary N) is 1. The summed E-state index contributed by atoms with van der Waals surface area (Å²) in [4.78, 5) is 23.5. The summed E-state index contributed by atoms with van der Waals surface area (Å²) < 4.78 is 5.27. The number of rotatable bonds is 2. The molecular formula is C18H20N4O2. The summed E-state index contributed by atoms with van der Waals surface area (Å²) in [6.07, 6.45) is 4.26. The molecule has 0 saturated carbocycles. The van der Waals surface area contributed by atoms with Gasteiger partial charge in [-0.1, -0.05) is 0 Å². The number of carbonyl (C=O) groups excluding carboxylic acids is 1. The van der Waals surface area contributed by atoms with Gasteiger partial charge in [0.1, 0.15) is 23.9 Å². The molecule has 0 saturated heterocycles. The quantitative estimate of drug-likeness (QED) is 0.920. The topological polar surface area (TPSA) is 67.3 Å². The van der Waals surface area contributed by atoms with Gasteiger partial charge in [0.25, 0.3) is 0 Å². The number of fused-ring (bicyclic) bond motifs is 2. The predicted molar refractivity (Wildman–Crippen MR) is 92.0 cm³/mol. The summed E-state index contributed by atoms with van der Waals surface area (Å²) >= 11 is 0. The van der Waals surface area contributed by atoms with Crippen LogP contribution in [0.3, 0.4) is 0 Å². The van der Waals surface area contributed by atoms with E-state index in [9.17, 15) is 4.79 Å². The predicted octanol–water partition coefficient (Wildman–Crippen LogP) is 2.76. The smallest absolute Gasteiger partial charge is 0.244 e. The van der Waals surface area contributed by atoms with Crippen molar-refractivity contribution in [3.8, 4) is 5.75 Å². The first-order valence-corrected chi connectivity index (χ1v) is 8.27. The number of nitrogens with zero attached hydrogens (tertiary/aromatic N) is 3. The lowest BCUT2D eigenvalue weighted by Crippen LogP contribution is -2.36. The molecule has 0 atom stereocenters. The number of amides is 1. The van der Waals surface area contributed by atoms with Crippen LogP contribution in [-0.2, 0) is 17.6 Å². The van der Waals surface area contributed by atoms with Crippen LogP contribution in [0, 0.1) is 6.92 Å². The average Bonchev–Trinajstić information content (AvgIpc) is 2.59. The van der Waals surface area contributed by atoms with E-state index in [1.54, 1.807) is 7.11 Å². The molecular weight excluding hydrogens is 304 g/mol. The van der Waals surface area contributed by atoms with E-state index in [0.29, 0.717) is 0 Å². The van der Waals surface area contributed by atoms with Gasteiger partial charge in [-0.05, 0) is 44.7 Å². The Kier molecular flexibility index (Phi) is 3.59. The SMILES string of the molecule is COc1ccc2c(c1)NC(=O)CN2c1nc(C)nc2c1CCCC2. The molecule has 2 aliphatic rings. The summed E-state index contributed by atoms with van der Waals surface area (Å²) in [7, 11) is 1.62. The minimum atomic E-state index is -0.0448. The van der Waals surface area contributed by atoms with Crippen LogP contribution in [0.1, 0.15) is 29.9 Å². The molecule has 0 radical (unpaired) electrons. The Bertz CT molecular complexity index is 819. The first-order valence-electron chi connectivity index (χ1n) is 8.27. The van der Waals surface area contributed by atoms with Crippen molar-refractivity contribution in [3.05, 3.63) is 35.3 Å². The van der Waals surface area contributed by atoms with Gasteiger partial charge in [0, 0.05) is 17.3 Å². The third-order valence-electron chi connectivity index (χ3n) is 4.60. The van der Waals surface area contributed by atoms with Gasteiger partial charge in [0.05, 0.1) is 18.5 Å². The molecule has 0 fully saturated rings. The maximum Gasteiger partial charge on any atom is 0.244 e.